The zero-order chi connectivity index (χ0) is 26.5. The number of aliphatic hydroxyl groups is 1. The van der Waals surface area contributed by atoms with Crippen LogP contribution in [0.1, 0.15) is 85.0 Å². The second kappa shape index (κ2) is 10.2. The van der Waals surface area contributed by atoms with Gasteiger partial charge in [0.25, 0.3) is 0 Å². The first-order chi connectivity index (χ1) is 16.7. The molecule has 2 unspecified atom stereocenters. The van der Waals surface area contributed by atoms with E-state index in [1.54, 1.807) is 0 Å². The van der Waals surface area contributed by atoms with E-state index in [0.717, 1.165) is 38.5 Å². The van der Waals surface area contributed by atoms with Crippen molar-refractivity contribution in [2.45, 2.75) is 97.2 Å². The largest absolute Gasteiger partial charge is 0.480 e. The van der Waals surface area contributed by atoms with Crippen LogP contribution in [0, 0.1) is 46.3 Å². The van der Waals surface area contributed by atoms with Crippen molar-refractivity contribution in [3.05, 3.63) is 0 Å². The van der Waals surface area contributed by atoms with Crippen molar-refractivity contribution >= 4 is 22.3 Å². The average molecular weight is 530 g/mol. The van der Waals surface area contributed by atoms with Crippen LogP contribution in [0.5, 0.6) is 0 Å². The highest BCUT2D eigenvalue weighted by atomic mass is 32.3. The molecule has 0 aromatic carbocycles. The first-order valence-electron chi connectivity index (χ1n) is 13.6. The minimum atomic E-state index is -4.60. The van der Waals surface area contributed by atoms with Crippen LogP contribution < -0.4 is 5.32 Å². The molecule has 4 N–H and O–H groups in total. The lowest BCUT2D eigenvalue weighted by Gasteiger charge is -2.62. The minimum absolute atomic E-state index is 0.0175. The van der Waals surface area contributed by atoms with Gasteiger partial charge in [-0.3, -0.25) is 14.1 Å². The summed E-state index contributed by atoms with van der Waals surface area (Å²) in [6.07, 6.45) is 6.84. The molecule has 10 atom stereocenters. The Morgan fingerprint density at radius 2 is 1.72 bits per heavy atom. The monoisotopic (exact) mass is 529 g/mol. The quantitative estimate of drug-likeness (QED) is 0.349. The number of carboxylic acid groups (broad SMARTS) is 1. The Balaban J connectivity index is 1.53. The van der Waals surface area contributed by atoms with E-state index in [4.69, 9.17) is 9.29 Å². The third-order valence-electron chi connectivity index (χ3n) is 10.9. The van der Waals surface area contributed by atoms with Crippen LogP contribution in [-0.4, -0.2) is 53.8 Å². The fraction of sp³-hybridized carbons (Fsp3) is 0.923. The molecule has 0 saturated heterocycles. The number of fused-ring (bicyclic) bond motifs is 5. The van der Waals surface area contributed by atoms with Gasteiger partial charge >= 0.3 is 16.4 Å². The van der Waals surface area contributed by atoms with Gasteiger partial charge in [-0.05, 0) is 104 Å². The molecule has 0 heterocycles. The fourth-order valence-corrected chi connectivity index (χ4v) is 9.75. The van der Waals surface area contributed by atoms with Gasteiger partial charge in [-0.25, -0.2) is 4.18 Å². The highest BCUT2D eigenvalue weighted by molar-refractivity contribution is 7.80. The molecule has 4 aliphatic carbocycles. The van der Waals surface area contributed by atoms with Crippen LogP contribution in [0.25, 0.3) is 0 Å². The molecule has 36 heavy (non-hydrogen) atoms. The second-order valence-electron chi connectivity index (χ2n) is 12.6. The highest BCUT2D eigenvalue weighted by Crippen LogP contribution is 2.68. The molecule has 0 aliphatic heterocycles. The van der Waals surface area contributed by atoms with Gasteiger partial charge in [-0.2, -0.15) is 8.42 Å². The van der Waals surface area contributed by atoms with E-state index in [1.807, 2.05) is 0 Å². The van der Waals surface area contributed by atoms with Gasteiger partial charge in [0, 0.05) is 6.42 Å². The van der Waals surface area contributed by atoms with Crippen molar-refractivity contribution in [3.63, 3.8) is 0 Å². The molecule has 0 bridgehead atoms. The molecule has 9 nitrogen and oxygen atoms in total. The van der Waals surface area contributed by atoms with E-state index < -0.39 is 22.5 Å². The Labute approximate surface area is 214 Å². The van der Waals surface area contributed by atoms with Gasteiger partial charge in [0.2, 0.25) is 5.91 Å². The van der Waals surface area contributed by atoms with Crippen LogP contribution in [0.3, 0.4) is 0 Å². The molecule has 0 aromatic rings. The third-order valence-corrected chi connectivity index (χ3v) is 11.4. The molecule has 1 amide bonds. The van der Waals surface area contributed by atoms with Crippen molar-refractivity contribution < 1.29 is 37.0 Å². The second-order valence-corrected chi connectivity index (χ2v) is 13.7. The van der Waals surface area contributed by atoms with E-state index >= 15 is 0 Å². The first-order valence-corrected chi connectivity index (χ1v) is 14.9. The molecular formula is C26H43NO8S. The summed E-state index contributed by atoms with van der Waals surface area (Å²) in [5, 5.41) is 21.6. The lowest BCUT2D eigenvalue weighted by Crippen LogP contribution is -2.59. The maximum Gasteiger partial charge on any atom is 0.397 e. The Hall–Kier alpha value is -1.23. The Kier molecular flexibility index (Phi) is 7.84. The first kappa shape index (κ1) is 27.8. The van der Waals surface area contributed by atoms with Crippen molar-refractivity contribution in [1.29, 1.82) is 0 Å². The molecule has 10 heteroatoms. The Morgan fingerprint density at radius 3 is 2.39 bits per heavy atom. The van der Waals surface area contributed by atoms with Crippen LogP contribution in [0.4, 0.5) is 0 Å². The van der Waals surface area contributed by atoms with Crippen molar-refractivity contribution in [1.82, 2.24) is 5.32 Å². The number of rotatable bonds is 8. The molecule has 0 aromatic heterocycles. The number of carbonyl (C=O) groups is 2. The molecule has 4 fully saturated rings. The van der Waals surface area contributed by atoms with Crippen LogP contribution in [0.15, 0.2) is 0 Å². The summed E-state index contributed by atoms with van der Waals surface area (Å²) >= 11 is 0. The summed E-state index contributed by atoms with van der Waals surface area (Å²) in [6.45, 7) is 6.43. The highest BCUT2D eigenvalue weighted by Gasteiger charge is 2.63. The van der Waals surface area contributed by atoms with Gasteiger partial charge in [0.05, 0.1) is 12.2 Å². The molecule has 0 spiro atoms. The molecule has 4 rings (SSSR count). The number of aliphatic carboxylic acids is 1. The van der Waals surface area contributed by atoms with Gasteiger partial charge in [0.15, 0.2) is 0 Å². The smallest absolute Gasteiger partial charge is 0.397 e. The van der Waals surface area contributed by atoms with Crippen LogP contribution in [0.2, 0.25) is 0 Å². The molecular weight excluding hydrogens is 486 g/mol. The standard InChI is InChI=1S/C26H43NO8S/c1-15(4-7-22(29)27-14-23(30)31)18-5-6-19-24-20(9-11-26(18,19)3)25(2)10-8-17(28)12-16(25)13-21(24)35-36(32,33)34/h15-21,24,28H,4-14H2,1-3H3,(H,27,29)(H,30,31)(H,32,33,34)/t15-,16+,17?,18-,19?,20+,21-,24+,25+,26-/m1/s1. The van der Waals surface area contributed by atoms with Gasteiger partial charge in [-0.15, -0.1) is 0 Å². The van der Waals surface area contributed by atoms with E-state index in [9.17, 15) is 27.7 Å². The van der Waals surface area contributed by atoms with Crippen molar-refractivity contribution in [3.8, 4) is 0 Å². The number of amides is 1. The number of hydrogen-bond acceptors (Lipinski definition) is 6. The average Bonchev–Trinajstić information content (AvgIpc) is 3.13. The lowest BCUT2D eigenvalue weighted by atomic mass is 9.43. The predicted molar refractivity (Wildman–Crippen MR) is 132 cm³/mol. The van der Waals surface area contributed by atoms with E-state index in [2.05, 4.69) is 26.1 Å². The summed E-state index contributed by atoms with van der Waals surface area (Å²) in [5.41, 5.74) is 0.00651. The number of carboxylic acids is 1. The topological polar surface area (TPSA) is 150 Å². The maximum atomic E-state index is 12.1. The molecule has 0 radical (unpaired) electrons. The van der Waals surface area contributed by atoms with Gasteiger partial charge < -0.3 is 15.5 Å². The lowest BCUT2D eigenvalue weighted by molar-refractivity contribution is -0.168. The predicted octanol–water partition coefficient (Wildman–Crippen LogP) is 3.42. The Morgan fingerprint density at radius 1 is 1.06 bits per heavy atom. The van der Waals surface area contributed by atoms with Crippen LogP contribution in [-0.2, 0) is 24.2 Å². The number of aliphatic hydroxyl groups excluding tert-OH is 1. The minimum Gasteiger partial charge on any atom is -0.480 e. The van der Waals surface area contributed by atoms with E-state index in [1.165, 1.54) is 0 Å². The summed E-state index contributed by atoms with van der Waals surface area (Å²) < 4.78 is 38.8. The summed E-state index contributed by atoms with van der Waals surface area (Å²) in [6, 6.07) is 0. The fourth-order valence-electron chi connectivity index (χ4n) is 9.23. The number of hydrogen-bond donors (Lipinski definition) is 4. The van der Waals surface area contributed by atoms with Gasteiger partial charge in [0.1, 0.15) is 6.54 Å². The van der Waals surface area contributed by atoms with Crippen LogP contribution >= 0.6 is 0 Å². The summed E-state index contributed by atoms with van der Waals surface area (Å²) in [5.74, 6) is 0.0742. The zero-order valence-electron chi connectivity index (χ0n) is 21.7. The molecule has 206 valence electrons. The van der Waals surface area contributed by atoms with Crippen molar-refractivity contribution in [2.75, 3.05) is 6.54 Å². The van der Waals surface area contributed by atoms with Gasteiger partial charge in [-0.1, -0.05) is 20.8 Å². The number of carbonyl (C=O) groups excluding carboxylic acids is 1. The zero-order valence-corrected chi connectivity index (χ0v) is 22.5. The maximum absolute atomic E-state index is 12.1. The SMILES string of the molecule is C[C@H](CCC(=O)NCC(=O)O)[C@H]1CCC2[C@@H]3[C@H](OS(=O)(=O)O)C[C@@H]4CC(O)CC[C@]4(C)[C@H]3CC[C@@]21C. The molecule has 4 saturated carbocycles. The summed E-state index contributed by atoms with van der Waals surface area (Å²) in [4.78, 5) is 22.8. The normalized spacial score (nSPS) is 43.1. The molecule has 4 aliphatic rings. The van der Waals surface area contributed by atoms with E-state index in [0.29, 0.717) is 25.2 Å². The Bertz CT molecular complexity index is 956. The van der Waals surface area contributed by atoms with E-state index in [-0.39, 0.29) is 65.4 Å². The third kappa shape index (κ3) is 5.33. The van der Waals surface area contributed by atoms with Crippen molar-refractivity contribution in [2.24, 2.45) is 46.3 Å². The summed E-state index contributed by atoms with van der Waals surface area (Å²) in [7, 11) is -4.60. The number of nitrogens with one attached hydrogen (secondary N) is 1.